The summed E-state index contributed by atoms with van der Waals surface area (Å²) >= 11 is 0. The molecule has 0 aliphatic carbocycles. The van der Waals surface area contributed by atoms with E-state index in [2.05, 4.69) is 0 Å². The van der Waals surface area contributed by atoms with E-state index in [1.807, 2.05) is 13.0 Å². The van der Waals surface area contributed by atoms with Crippen LogP contribution in [0.5, 0.6) is 5.75 Å². The molecule has 3 rings (SSSR count). The first-order valence-corrected chi connectivity index (χ1v) is 9.21. The average Bonchev–Trinajstić information content (AvgIpc) is 2.71. The Bertz CT molecular complexity index is 991. The van der Waals surface area contributed by atoms with Gasteiger partial charge in [0.1, 0.15) is 5.82 Å². The van der Waals surface area contributed by atoms with Gasteiger partial charge in [0, 0.05) is 11.1 Å². The molecule has 0 amide bonds. The van der Waals surface area contributed by atoms with Gasteiger partial charge < -0.3 is 4.74 Å². The Balaban J connectivity index is 1.81. The van der Waals surface area contributed by atoms with Crippen LogP contribution in [-0.4, -0.2) is 6.61 Å². The van der Waals surface area contributed by atoms with Crippen molar-refractivity contribution in [3.63, 3.8) is 0 Å². The highest BCUT2D eigenvalue weighted by Crippen LogP contribution is 2.30. The Hall–Kier alpha value is -3.01. The fourth-order valence-corrected chi connectivity index (χ4v) is 2.91. The van der Waals surface area contributed by atoms with Gasteiger partial charge in [-0.15, -0.1) is 0 Å². The number of aryl methyl sites for hydroxylation is 1. The molecule has 0 saturated carbocycles. The molecule has 0 aliphatic rings. The summed E-state index contributed by atoms with van der Waals surface area (Å²) in [5, 5.41) is 0. The molecule has 0 saturated heterocycles. The van der Waals surface area contributed by atoms with Crippen molar-refractivity contribution in [1.29, 1.82) is 0 Å². The minimum absolute atomic E-state index is 0.0978. The van der Waals surface area contributed by atoms with Gasteiger partial charge in [0.05, 0.1) is 6.61 Å². The highest BCUT2D eigenvalue weighted by molar-refractivity contribution is 5.72. The number of hydrogen-bond donors (Lipinski definition) is 0. The molecule has 0 spiro atoms. The molecule has 3 aromatic carbocycles. The molecule has 0 fully saturated rings. The topological polar surface area (TPSA) is 9.23 Å². The van der Waals surface area contributed by atoms with Crippen LogP contribution in [0.1, 0.15) is 30.5 Å². The summed E-state index contributed by atoms with van der Waals surface area (Å²) in [4.78, 5) is 0. The standard InChI is InChI=1S/C24H21F3O/c1-3-16-5-11-19(21(25)15-16)12-8-17-6-9-18(10-7-17)20-13-14-22(28-4-2)24(27)23(20)26/h5-15H,3-4H2,1-2H3. The summed E-state index contributed by atoms with van der Waals surface area (Å²) in [6, 6.07) is 15.1. The van der Waals surface area contributed by atoms with Gasteiger partial charge in [0.15, 0.2) is 11.6 Å². The minimum Gasteiger partial charge on any atom is -0.491 e. The summed E-state index contributed by atoms with van der Waals surface area (Å²) in [7, 11) is 0. The molecule has 4 heteroatoms. The third-order valence-corrected chi connectivity index (χ3v) is 4.50. The lowest BCUT2D eigenvalue weighted by Crippen LogP contribution is -1.98. The van der Waals surface area contributed by atoms with Crippen LogP contribution in [-0.2, 0) is 6.42 Å². The molecule has 0 atom stereocenters. The van der Waals surface area contributed by atoms with Gasteiger partial charge in [-0.05, 0) is 48.2 Å². The number of rotatable bonds is 6. The van der Waals surface area contributed by atoms with Crippen molar-refractivity contribution in [1.82, 2.24) is 0 Å². The predicted molar refractivity (Wildman–Crippen MR) is 108 cm³/mol. The van der Waals surface area contributed by atoms with E-state index in [9.17, 15) is 13.2 Å². The lowest BCUT2D eigenvalue weighted by Gasteiger charge is -2.09. The molecule has 3 aromatic rings. The van der Waals surface area contributed by atoms with E-state index in [1.54, 1.807) is 49.4 Å². The highest BCUT2D eigenvalue weighted by atomic mass is 19.2. The van der Waals surface area contributed by atoms with Crippen LogP contribution in [0.15, 0.2) is 54.6 Å². The summed E-state index contributed by atoms with van der Waals surface area (Å²) in [5.41, 5.74) is 2.99. The van der Waals surface area contributed by atoms with Crippen LogP contribution in [0.2, 0.25) is 0 Å². The van der Waals surface area contributed by atoms with Crippen LogP contribution in [0, 0.1) is 17.5 Å². The Morgan fingerprint density at radius 2 is 1.57 bits per heavy atom. The van der Waals surface area contributed by atoms with Crippen molar-refractivity contribution in [2.24, 2.45) is 0 Å². The number of benzene rings is 3. The fourth-order valence-electron chi connectivity index (χ4n) is 2.91. The summed E-state index contributed by atoms with van der Waals surface area (Å²) in [6.45, 7) is 3.95. The Morgan fingerprint density at radius 1 is 0.821 bits per heavy atom. The summed E-state index contributed by atoms with van der Waals surface area (Å²) in [6.07, 6.45) is 4.26. The summed E-state index contributed by atoms with van der Waals surface area (Å²) < 4.78 is 47.5. The third kappa shape index (κ3) is 4.28. The van der Waals surface area contributed by atoms with E-state index in [0.29, 0.717) is 11.1 Å². The smallest absolute Gasteiger partial charge is 0.201 e. The molecule has 0 aromatic heterocycles. The SMILES string of the molecule is CCOc1ccc(-c2ccc(C=Cc3ccc(CC)cc3F)cc2)c(F)c1F. The highest BCUT2D eigenvalue weighted by Gasteiger charge is 2.15. The average molecular weight is 382 g/mol. The van der Waals surface area contributed by atoms with Crippen molar-refractivity contribution in [2.45, 2.75) is 20.3 Å². The van der Waals surface area contributed by atoms with Crippen molar-refractivity contribution in [2.75, 3.05) is 6.61 Å². The molecule has 0 bridgehead atoms. The Morgan fingerprint density at radius 3 is 2.21 bits per heavy atom. The second kappa shape index (κ2) is 8.79. The van der Waals surface area contributed by atoms with Gasteiger partial charge in [0.2, 0.25) is 5.82 Å². The van der Waals surface area contributed by atoms with Gasteiger partial charge in [-0.2, -0.15) is 4.39 Å². The first-order valence-electron chi connectivity index (χ1n) is 9.21. The maximum absolute atomic E-state index is 14.3. The number of hydrogen-bond acceptors (Lipinski definition) is 1. The lowest BCUT2D eigenvalue weighted by atomic mass is 10.0. The van der Waals surface area contributed by atoms with Gasteiger partial charge >= 0.3 is 0 Å². The van der Waals surface area contributed by atoms with Gasteiger partial charge in [-0.3, -0.25) is 0 Å². The maximum Gasteiger partial charge on any atom is 0.201 e. The zero-order valence-electron chi connectivity index (χ0n) is 15.8. The van der Waals surface area contributed by atoms with Gasteiger partial charge in [0.25, 0.3) is 0 Å². The number of ether oxygens (including phenoxy) is 1. The van der Waals surface area contributed by atoms with Gasteiger partial charge in [-0.1, -0.05) is 55.5 Å². The van der Waals surface area contributed by atoms with Crippen molar-refractivity contribution < 1.29 is 17.9 Å². The van der Waals surface area contributed by atoms with Crippen LogP contribution in [0.25, 0.3) is 23.3 Å². The zero-order chi connectivity index (χ0) is 20.1. The van der Waals surface area contributed by atoms with Crippen LogP contribution >= 0.6 is 0 Å². The zero-order valence-corrected chi connectivity index (χ0v) is 15.8. The van der Waals surface area contributed by atoms with Crippen LogP contribution in [0.4, 0.5) is 13.2 Å². The molecule has 0 N–H and O–H groups in total. The monoisotopic (exact) mass is 382 g/mol. The van der Waals surface area contributed by atoms with E-state index < -0.39 is 11.6 Å². The van der Waals surface area contributed by atoms with Crippen molar-refractivity contribution in [3.05, 3.63) is 88.7 Å². The van der Waals surface area contributed by atoms with E-state index in [4.69, 9.17) is 4.74 Å². The van der Waals surface area contributed by atoms with E-state index in [1.165, 1.54) is 18.2 Å². The summed E-state index contributed by atoms with van der Waals surface area (Å²) in [5.74, 6) is -2.29. The molecule has 0 aliphatic heterocycles. The molecule has 144 valence electrons. The van der Waals surface area contributed by atoms with Crippen LogP contribution in [0.3, 0.4) is 0 Å². The van der Waals surface area contributed by atoms with Gasteiger partial charge in [-0.25, -0.2) is 8.78 Å². The van der Waals surface area contributed by atoms with Crippen molar-refractivity contribution in [3.8, 4) is 16.9 Å². The second-order valence-electron chi connectivity index (χ2n) is 6.34. The van der Waals surface area contributed by atoms with E-state index >= 15 is 0 Å². The first-order chi connectivity index (χ1) is 13.5. The Labute approximate surface area is 163 Å². The molecule has 1 nitrogen and oxygen atoms in total. The minimum atomic E-state index is -0.991. The Kier molecular flexibility index (Phi) is 6.19. The fraction of sp³-hybridized carbons (Fsp3) is 0.167. The van der Waals surface area contributed by atoms with E-state index in [-0.39, 0.29) is 23.7 Å². The molecular formula is C24H21F3O. The number of halogens is 3. The first kappa shape index (κ1) is 19.7. The molecule has 0 unspecified atom stereocenters. The predicted octanol–water partition coefficient (Wildman–Crippen LogP) is 6.90. The van der Waals surface area contributed by atoms with Crippen molar-refractivity contribution >= 4 is 12.2 Å². The lowest BCUT2D eigenvalue weighted by molar-refractivity contribution is 0.314. The molecule has 0 radical (unpaired) electrons. The molecular weight excluding hydrogens is 361 g/mol. The van der Waals surface area contributed by atoms with E-state index in [0.717, 1.165) is 17.5 Å². The maximum atomic E-state index is 14.3. The normalized spacial score (nSPS) is 11.2. The molecule has 28 heavy (non-hydrogen) atoms. The largest absolute Gasteiger partial charge is 0.491 e. The second-order valence-corrected chi connectivity index (χ2v) is 6.34. The third-order valence-electron chi connectivity index (χ3n) is 4.50. The van der Waals surface area contributed by atoms with Crippen LogP contribution < -0.4 is 4.74 Å². The quantitative estimate of drug-likeness (QED) is 0.421. The molecule has 0 heterocycles.